The van der Waals surface area contributed by atoms with Crippen LogP contribution in [-0.2, 0) is 16.6 Å². The van der Waals surface area contributed by atoms with E-state index in [0.717, 1.165) is 0 Å². The first-order valence-corrected chi connectivity index (χ1v) is 7.94. The summed E-state index contributed by atoms with van der Waals surface area (Å²) in [6.07, 6.45) is 3.05. The van der Waals surface area contributed by atoms with Crippen LogP contribution in [0.3, 0.4) is 0 Å². The minimum Gasteiger partial charge on any atom is -0.445 e. The first kappa shape index (κ1) is 14.9. The van der Waals surface area contributed by atoms with Crippen LogP contribution in [-0.4, -0.2) is 25.4 Å². The second-order valence-corrected chi connectivity index (χ2v) is 6.59. The lowest BCUT2D eigenvalue weighted by Crippen LogP contribution is -2.24. The Morgan fingerprint density at radius 3 is 2.70 bits per heavy atom. The molecule has 0 aliphatic heterocycles. The van der Waals surface area contributed by atoms with Gasteiger partial charge in [0.15, 0.2) is 0 Å². The summed E-state index contributed by atoms with van der Waals surface area (Å²) >= 11 is 3.20. The molecule has 0 radical (unpaired) electrons. The minimum absolute atomic E-state index is 0.0220. The van der Waals surface area contributed by atoms with Crippen molar-refractivity contribution in [2.24, 2.45) is 0 Å². The van der Waals surface area contributed by atoms with Crippen molar-refractivity contribution in [3.63, 3.8) is 0 Å². The summed E-state index contributed by atoms with van der Waals surface area (Å²) < 4.78 is 32.7. The number of aryl methyl sites for hydroxylation is 1. The number of halogens is 1. The van der Waals surface area contributed by atoms with Crippen LogP contribution in [0.15, 0.2) is 32.2 Å². The predicted molar refractivity (Wildman–Crippen MR) is 76.7 cm³/mol. The first-order chi connectivity index (χ1) is 9.42. The number of aromatic nitrogens is 2. The molecule has 9 heteroatoms. The van der Waals surface area contributed by atoms with Crippen molar-refractivity contribution >= 4 is 31.8 Å². The SMILES string of the molecule is CNc1ncc(Br)cc1S(=O)(=O)NCc1ncc(C)o1. The minimum atomic E-state index is -3.72. The highest BCUT2D eigenvalue weighted by atomic mass is 79.9. The molecule has 7 nitrogen and oxygen atoms in total. The second-order valence-electron chi connectivity index (χ2n) is 3.94. The molecule has 0 amide bonds. The van der Waals surface area contributed by atoms with E-state index in [2.05, 4.69) is 35.9 Å². The smallest absolute Gasteiger partial charge is 0.244 e. The zero-order chi connectivity index (χ0) is 14.8. The number of pyridine rings is 1. The fourth-order valence-electron chi connectivity index (χ4n) is 1.53. The third kappa shape index (κ3) is 3.35. The van der Waals surface area contributed by atoms with Crippen LogP contribution in [0.5, 0.6) is 0 Å². The van der Waals surface area contributed by atoms with Crippen LogP contribution < -0.4 is 10.0 Å². The molecular formula is C11H13BrN4O3S. The summed E-state index contributed by atoms with van der Waals surface area (Å²) in [6, 6.07) is 1.47. The van der Waals surface area contributed by atoms with E-state index in [9.17, 15) is 8.42 Å². The van der Waals surface area contributed by atoms with Crippen molar-refractivity contribution in [1.82, 2.24) is 14.7 Å². The van der Waals surface area contributed by atoms with E-state index < -0.39 is 10.0 Å². The molecule has 2 rings (SSSR count). The molecule has 0 saturated carbocycles. The van der Waals surface area contributed by atoms with Crippen molar-refractivity contribution in [2.45, 2.75) is 18.4 Å². The van der Waals surface area contributed by atoms with Gasteiger partial charge in [0.05, 0.1) is 12.7 Å². The van der Waals surface area contributed by atoms with Crippen molar-refractivity contribution in [1.29, 1.82) is 0 Å². The maximum absolute atomic E-state index is 12.3. The molecule has 0 atom stereocenters. The quantitative estimate of drug-likeness (QED) is 0.841. The van der Waals surface area contributed by atoms with Crippen LogP contribution in [0.2, 0.25) is 0 Å². The second kappa shape index (κ2) is 5.90. The molecule has 2 N–H and O–H groups in total. The van der Waals surface area contributed by atoms with E-state index in [-0.39, 0.29) is 17.3 Å². The highest BCUT2D eigenvalue weighted by molar-refractivity contribution is 9.10. The number of nitrogens with one attached hydrogen (secondary N) is 2. The standard InChI is InChI=1S/C11H13BrN4O3S/c1-7-4-14-10(19-7)6-16-20(17,18)9-3-8(12)5-15-11(9)13-2/h3-5,16H,6H2,1-2H3,(H,13,15). The molecule has 20 heavy (non-hydrogen) atoms. The van der Waals surface area contributed by atoms with E-state index in [1.165, 1.54) is 18.5 Å². The van der Waals surface area contributed by atoms with Gasteiger partial charge in [-0.15, -0.1) is 0 Å². The van der Waals surface area contributed by atoms with Gasteiger partial charge in [-0.3, -0.25) is 0 Å². The Labute approximate surface area is 125 Å². The molecule has 2 aromatic heterocycles. The van der Waals surface area contributed by atoms with Gasteiger partial charge in [0.1, 0.15) is 16.5 Å². The van der Waals surface area contributed by atoms with Crippen LogP contribution in [0, 0.1) is 6.92 Å². The average molecular weight is 361 g/mol. The Kier molecular flexibility index (Phi) is 4.41. The molecule has 0 aliphatic carbocycles. The van der Waals surface area contributed by atoms with E-state index in [0.29, 0.717) is 16.1 Å². The zero-order valence-corrected chi connectivity index (χ0v) is 13.2. The Bertz CT molecular complexity index is 714. The van der Waals surface area contributed by atoms with E-state index >= 15 is 0 Å². The highest BCUT2D eigenvalue weighted by Gasteiger charge is 2.20. The molecule has 108 valence electrons. The number of anilines is 1. The summed E-state index contributed by atoms with van der Waals surface area (Å²) in [6.45, 7) is 1.72. The van der Waals surface area contributed by atoms with Crippen LogP contribution in [0.4, 0.5) is 5.82 Å². The monoisotopic (exact) mass is 360 g/mol. The summed E-state index contributed by atoms with van der Waals surface area (Å²) in [5, 5.41) is 2.74. The molecule has 0 spiro atoms. The Hall–Kier alpha value is -1.45. The summed E-state index contributed by atoms with van der Waals surface area (Å²) in [4.78, 5) is 8.00. The van der Waals surface area contributed by atoms with Gasteiger partial charge < -0.3 is 9.73 Å². The molecule has 2 heterocycles. The molecular weight excluding hydrogens is 348 g/mol. The fourth-order valence-corrected chi connectivity index (χ4v) is 3.17. The maximum atomic E-state index is 12.3. The van der Waals surface area contributed by atoms with Crippen molar-refractivity contribution in [3.8, 4) is 0 Å². The van der Waals surface area contributed by atoms with E-state index in [1.807, 2.05) is 0 Å². The van der Waals surface area contributed by atoms with Crippen LogP contribution in [0.1, 0.15) is 11.7 Å². The lowest BCUT2D eigenvalue weighted by molar-refractivity contribution is 0.463. The van der Waals surface area contributed by atoms with Gasteiger partial charge in [-0.05, 0) is 28.9 Å². The van der Waals surface area contributed by atoms with Gasteiger partial charge in [-0.1, -0.05) is 0 Å². The maximum Gasteiger partial charge on any atom is 0.244 e. The number of nitrogens with zero attached hydrogens (tertiary/aromatic N) is 2. The van der Waals surface area contributed by atoms with Gasteiger partial charge in [-0.2, -0.15) is 0 Å². The van der Waals surface area contributed by atoms with Gasteiger partial charge in [-0.25, -0.2) is 23.1 Å². The third-order valence-corrected chi connectivity index (χ3v) is 4.28. The Balaban J connectivity index is 2.24. The molecule has 0 unspecified atom stereocenters. The van der Waals surface area contributed by atoms with Gasteiger partial charge in [0.25, 0.3) is 0 Å². The molecule has 0 fully saturated rings. The van der Waals surface area contributed by atoms with Crippen molar-refractivity contribution in [3.05, 3.63) is 34.6 Å². The Morgan fingerprint density at radius 1 is 1.35 bits per heavy atom. The highest BCUT2D eigenvalue weighted by Crippen LogP contribution is 2.22. The summed E-state index contributed by atoms with van der Waals surface area (Å²) in [7, 11) is -2.12. The van der Waals surface area contributed by atoms with Gasteiger partial charge in [0.2, 0.25) is 15.9 Å². The third-order valence-electron chi connectivity index (χ3n) is 2.43. The lowest BCUT2D eigenvalue weighted by atomic mass is 10.4. The normalized spacial score (nSPS) is 11.6. The number of hydrogen-bond donors (Lipinski definition) is 2. The van der Waals surface area contributed by atoms with Crippen molar-refractivity contribution in [2.75, 3.05) is 12.4 Å². The molecule has 2 aromatic rings. The summed E-state index contributed by atoms with van der Waals surface area (Å²) in [5.41, 5.74) is 0. The van der Waals surface area contributed by atoms with E-state index in [1.54, 1.807) is 14.0 Å². The average Bonchev–Trinajstić information content (AvgIpc) is 2.82. The fraction of sp³-hybridized carbons (Fsp3) is 0.273. The molecule has 0 aliphatic rings. The molecule has 0 saturated heterocycles. The molecule has 0 aromatic carbocycles. The summed E-state index contributed by atoms with van der Waals surface area (Å²) in [5.74, 6) is 1.20. The van der Waals surface area contributed by atoms with E-state index in [4.69, 9.17) is 4.42 Å². The van der Waals surface area contributed by atoms with Crippen molar-refractivity contribution < 1.29 is 12.8 Å². The first-order valence-electron chi connectivity index (χ1n) is 5.66. The zero-order valence-electron chi connectivity index (χ0n) is 10.8. The van der Waals surface area contributed by atoms with Crippen LogP contribution in [0.25, 0.3) is 0 Å². The van der Waals surface area contributed by atoms with Gasteiger partial charge in [0, 0.05) is 17.7 Å². The number of sulfonamides is 1. The lowest BCUT2D eigenvalue weighted by Gasteiger charge is -2.09. The van der Waals surface area contributed by atoms with Gasteiger partial charge >= 0.3 is 0 Å². The topological polar surface area (TPSA) is 97.1 Å². The largest absolute Gasteiger partial charge is 0.445 e. The number of rotatable bonds is 5. The Morgan fingerprint density at radius 2 is 2.10 bits per heavy atom. The number of oxazole rings is 1. The number of hydrogen-bond acceptors (Lipinski definition) is 6. The van der Waals surface area contributed by atoms with Crippen LogP contribution >= 0.6 is 15.9 Å². The molecule has 0 bridgehead atoms. The predicted octanol–water partition coefficient (Wildman–Crippen LogP) is 1.66.